The number of amides is 1. The molecule has 0 radical (unpaired) electrons. The summed E-state index contributed by atoms with van der Waals surface area (Å²) >= 11 is 0. The zero-order valence-electron chi connectivity index (χ0n) is 15.7. The molecule has 0 saturated heterocycles. The summed E-state index contributed by atoms with van der Waals surface area (Å²) < 4.78 is 35.0. The van der Waals surface area contributed by atoms with E-state index in [-0.39, 0.29) is 23.2 Å². The highest BCUT2D eigenvalue weighted by Crippen LogP contribution is 2.24. The van der Waals surface area contributed by atoms with Crippen molar-refractivity contribution < 1.29 is 18.3 Å². The largest absolute Gasteiger partial charge is 0.377 e. The number of nitrogens with one attached hydrogen (secondary N) is 1. The fourth-order valence-electron chi connectivity index (χ4n) is 3.22. The van der Waals surface area contributed by atoms with E-state index in [1.54, 1.807) is 11.8 Å². The van der Waals surface area contributed by atoms with Gasteiger partial charge in [-0.3, -0.25) is 9.48 Å². The smallest absolute Gasteiger partial charge is 0.280 e. The molecule has 1 amide bonds. The molecule has 1 atom stereocenters. The van der Waals surface area contributed by atoms with E-state index in [2.05, 4.69) is 20.5 Å². The fraction of sp³-hybridized carbons (Fsp3) is 0.647. The first-order valence-electron chi connectivity index (χ1n) is 8.95. The van der Waals surface area contributed by atoms with Gasteiger partial charge in [0, 0.05) is 26.1 Å². The first kappa shape index (κ1) is 19.4. The van der Waals surface area contributed by atoms with E-state index in [1.165, 1.54) is 10.9 Å². The molecule has 3 rings (SSSR count). The summed E-state index contributed by atoms with van der Waals surface area (Å²) in [7, 11) is 1.57. The molecule has 10 heteroatoms. The lowest BCUT2D eigenvalue weighted by atomic mass is 10.1. The highest BCUT2D eigenvalue weighted by atomic mass is 19.3. The van der Waals surface area contributed by atoms with Gasteiger partial charge in [-0.15, -0.1) is 0 Å². The second kappa shape index (κ2) is 8.12. The molecule has 1 aliphatic heterocycles. The number of nitrogens with zero attached hydrogens (tertiary/aromatic N) is 5. The average Bonchev–Trinajstić information content (AvgIpc) is 3.17. The van der Waals surface area contributed by atoms with Crippen LogP contribution in [0.5, 0.6) is 0 Å². The van der Waals surface area contributed by atoms with Crippen LogP contribution in [0.2, 0.25) is 0 Å². The van der Waals surface area contributed by atoms with Crippen LogP contribution in [0.15, 0.2) is 6.20 Å². The molecule has 1 aliphatic rings. The summed E-state index contributed by atoms with van der Waals surface area (Å²) in [6, 6.07) is -0.207. The van der Waals surface area contributed by atoms with E-state index in [0.29, 0.717) is 38.4 Å². The van der Waals surface area contributed by atoms with Gasteiger partial charge in [0.25, 0.3) is 12.3 Å². The van der Waals surface area contributed by atoms with Crippen molar-refractivity contribution in [3.63, 3.8) is 0 Å². The van der Waals surface area contributed by atoms with Crippen molar-refractivity contribution in [2.24, 2.45) is 5.92 Å². The minimum atomic E-state index is -2.77. The van der Waals surface area contributed by atoms with E-state index < -0.39 is 12.3 Å². The Hall–Kier alpha value is -2.36. The molecule has 27 heavy (non-hydrogen) atoms. The molecule has 0 fully saturated rings. The molecule has 0 bridgehead atoms. The van der Waals surface area contributed by atoms with E-state index >= 15 is 0 Å². The second-order valence-electron chi connectivity index (χ2n) is 7.09. The third-order valence-electron chi connectivity index (χ3n) is 4.38. The Morgan fingerprint density at radius 2 is 2.22 bits per heavy atom. The Morgan fingerprint density at radius 3 is 2.89 bits per heavy atom. The zero-order chi connectivity index (χ0) is 19.6. The Labute approximate surface area is 155 Å². The van der Waals surface area contributed by atoms with E-state index in [1.807, 2.05) is 13.8 Å². The maximum atomic E-state index is 13.5. The van der Waals surface area contributed by atoms with Crippen LogP contribution in [0.4, 0.5) is 8.78 Å². The number of alkyl halides is 2. The Balaban J connectivity index is 1.71. The topological polar surface area (TPSA) is 86.9 Å². The number of carbonyl (C=O) groups excluding carboxylic acids is 1. The van der Waals surface area contributed by atoms with Crippen LogP contribution in [0, 0.1) is 5.92 Å². The van der Waals surface area contributed by atoms with E-state index in [0.717, 1.165) is 5.82 Å². The first-order valence-corrected chi connectivity index (χ1v) is 8.95. The summed E-state index contributed by atoms with van der Waals surface area (Å²) in [5.41, 5.74) is -0.407. The van der Waals surface area contributed by atoms with Crippen molar-refractivity contribution in [1.29, 1.82) is 0 Å². The molecule has 0 spiro atoms. The van der Waals surface area contributed by atoms with Crippen molar-refractivity contribution in [3.05, 3.63) is 29.1 Å². The summed E-state index contributed by atoms with van der Waals surface area (Å²) in [4.78, 5) is 17.0. The van der Waals surface area contributed by atoms with E-state index in [4.69, 9.17) is 4.74 Å². The Kier molecular flexibility index (Phi) is 5.83. The SMILES string of the molecule is COCc1nc2n(n1)CC(NC(=O)c1cnn(CC(C)C)c1C(F)F)CC2. The van der Waals surface area contributed by atoms with Crippen LogP contribution >= 0.6 is 0 Å². The molecule has 2 aromatic rings. The number of fused-ring (bicyclic) bond motifs is 1. The molecule has 0 aliphatic carbocycles. The highest BCUT2D eigenvalue weighted by molar-refractivity contribution is 5.95. The summed E-state index contributed by atoms with van der Waals surface area (Å²) in [6.45, 7) is 4.92. The number of carbonyl (C=O) groups is 1. The number of rotatable bonds is 7. The van der Waals surface area contributed by atoms with Gasteiger partial charge in [0.1, 0.15) is 18.1 Å². The number of methoxy groups -OCH3 is 1. The van der Waals surface area contributed by atoms with Gasteiger partial charge in [0.15, 0.2) is 5.82 Å². The van der Waals surface area contributed by atoms with Crippen molar-refractivity contribution in [2.45, 2.75) is 58.9 Å². The van der Waals surface area contributed by atoms with Crippen LogP contribution < -0.4 is 5.32 Å². The van der Waals surface area contributed by atoms with Crippen molar-refractivity contribution >= 4 is 5.91 Å². The summed E-state index contributed by atoms with van der Waals surface area (Å²) in [5, 5.41) is 11.2. The minimum absolute atomic E-state index is 0.0740. The molecular weight excluding hydrogens is 358 g/mol. The standard InChI is InChI=1S/C17H24F2N6O2/c1-10(2)7-25-15(16(18)19)12(6-20-25)17(26)21-11-4-5-14-22-13(9-27-3)23-24(14)8-11/h6,10-11,16H,4-5,7-9H2,1-3H3,(H,21,26). The summed E-state index contributed by atoms with van der Waals surface area (Å²) in [6.07, 6.45) is -0.228. The lowest BCUT2D eigenvalue weighted by molar-refractivity contribution is 0.0908. The van der Waals surface area contributed by atoms with Crippen LogP contribution in [0.1, 0.15) is 54.4 Å². The predicted octanol–water partition coefficient (Wildman–Crippen LogP) is 1.96. The van der Waals surface area contributed by atoms with Crippen molar-refractivity contribution in [3.8, 4) is 0 Å². The average molecular weight is 382 g/mol. The lowest BCUT2D eigenvalue weighted by Gasteiger charge is -2.23. The van der Waals surface area contributed by atoms with Gasteiger partial charge < -0.3 is 10.1 Å². The van der Waals surface area contributed by atoms with Gasteiger partial charge in [-0.1, -0.05) is 13.8 Å². The molecular formula is C17H24F2N6O2. The van der Waals surface area contributed by atoms with Crippen LogP contribution in [-0.4, -0.2) is 43.6 Å². The first-order chi connectivity index (χ1) is 12.9. The van der Waals surface area contributed by atoms with Gasteiger partial charge in [-0.2, -0.15) is 10.2 Å². The number of hydrogen-bond donors (Lipinski definition) is 1. The Bertz CT molecular complexity index is 801. The molecule has 148 valence electrons. The van der Waals surface area contributed by atoms with Crippen molar-refractivity contribution in [1.82, 2.24) is 29.9 Å². The third kappa shape index (κ3) is 4.32. The van der Waals surface area contributed by atoms with Gasteiger partial charge >= 0.3 is 0 Å². The number of ether oxygens (including phenoxy) is 1. The number of hydrogen-bond acceptors (Lipinski definition) is 5. The van der Waals surface area contributed by atoms with Crippen LogP contribution in [0.3, 0.4) is 0 Å². The molecule has 2 aromatic heterocycles. The van der Waals surface area contributed by atoms with Crippen LogP contribution in [-0.2, 0) is 30.9 Å². The Morgan fingerprint density at radius 1 is 1.44 bits per heavy atom. The second-order valence-corrected chi connectivity index (χ2v) is 7.09. The quantitative estimate of drug-likeness (QED) is 0.791. The normalized spacial score (nSPS) is 16.8. The van der Waals surface area contributed by atoms with Crippen LogP contribution in [0.25, 0.3) is 0 Å². The van der Waals surface area contributed by atoms with Gasteiger partial charge in [0.05, 0.1) is 18.3 Å². The highest BCUT2D eigenvalue weighted by Gasteiger charge is 2.28. The lowest BCUT2D eigenvalue weighted by Crippen LogP contribution is -2.41. The molecule has 0 aromatic carbocycles. The number of aromatic nitrogens is 5. The summed E-state index contributed by atoms with van der Waals surface area (Å²) in [5.74, 6) is 1.04. The van der Waals surface area contributed by atoms with Gasteiger partial charge in [-0.05, 0) is 12.3 Å². The minimum Gasteiger partial charge on any atom is -0.377 e. The van der Waals surface area contributed by atoms with Gasteiger partial charge in [-0.25, -0.2) is 18.4 Å². The fourth-order valence-corrected chi connectivity index (χ4v) is 3.22. The third-order valence-corrected chi connectivity index (χ3v) is 4.38. The monoisotopic (exact) mass is 382 g/mol. The molecule has 8 nitrogen and oxygen atoms in total. The maximum absolute atomic E-state index is 13.5. The van der Waals surface area contributed by atoms with Crippen molar-refractivity contribution in [2.75, 3.05) is 7.11 Å². The molecule has 3 heterocycles. The van der Waals surface area contributed by atoms with Gasteiger partial charge in [0.2, 0.25) is 0 Å². The molecule has 1 N–H and O–H groups in total. The number of halogens is 2. The predicted molar refractivity (Wildman–Crippen MR) is 92.3 cm³/mol. The molecule has 1 unspecified atom stereocenters. The van der Waals surface area contributed by atoms with E-state index in [9.17, 15) is 13.6 Å². The zero-order valence-corrected chi connectivity index (χ0v) is 15.7. The molecule has 0 saturated carbocycles. The maximum Gasteiger partial charge on any atom is 0.280 e. The number of aryl methyl sites for hydroxylation is 1.